The van der Waals surface area contributed by atoms with Gasteiger partial charge < -0.3 is 8.83 Å². The van der Waals surface area contributed by atoms with E-state index in [9.17, 15) is 0 Å². The van der Waals surface area contributed by atoms with Crippen LogP contribution in [0.3, 0.4) is 0 Å². The zero-order valence-corrected chi connectivity index (χ0v) is 27.2. The molecule has 0 unspecified atom stereocenters. The SMILES string of the molecule is CC.c1ccc(-c2nc3cc(-c4cccc(-c5ccc6oc7cc8c(cc7c6c5)oc5ccccc58)c4)ccc3n2-c2ccccc2)cc1. The molecule has 0 fully saturated rings. The van der Waals surface area contributed by atoms with Crippen LogP contribution in [0.2, 0.25) is 0 Å². The van der Waals surface area contributed by atoms with Gasteiger partial charge in [0.25, 0.3) is 0 Å². The molecule has 3 heterocycles. The predicted molar refractivity (Wildman–Crippen MR) is 203 cm³/mol. The van der Waals surface area contributed by atoms with Crippen molar-refractivity contribution in [1.82, 2.24) is 9.55 Å². The Morgan fingerprint density at radius 3 is 1.71 bits per heavy atom. The van der Waals surface area contributed by atoms with E-state index in [0.717, 1.165) is 94.2 Å². The van der Waals surface area contributed by atoms with Gasteiger partial charge in [-0.3, -0.25) is 4.57 Å². The molecular formula is C45H32N2O2. The summed E-state index contributed by atoms with van der Waals surface area (Å²) in [6.45, 7) is 4.00. The topological polar surface area (TPSA) is 44.1 Å². The first-order valence-corrected chi connectivity index (χ1v) is 16.8. The zero-order valence-electron chi connectivity index (χ0n) is 27.2. The second-order valence-electron chi connectivity index (χ2n) is 12.0. The quantitative estimate of drug-likeness (QED) is 0.194. The van der Waals surface area contributed by atoms with E-state index in [-0.39, 0.29) is 0 Å². The van der Waals surface area contributed by atoms with E-state index in [4.69, 9.17) is 13.8 Å². The number of imidazole rings is 1. The third kappa shape index (κ3) is 4.80. The van der Waals surface area contributed by atoms with Crippen molar-refractivity contribution in [3.05, 3.63) is 158 Å². The van der Waals surface area contributed by atoms with Crippen molar-refractivity contribution < 1.29 is 8.83 Å². The van der Waals surface area contributed by atoms with Crippen molar-refractivity contribution in [2.24, 2.45) is 0 Å². The summed E-state index contributed by atoms with van der Waals surface area (Å²) in [5.41, 5.74) is 12.2. The van der Waals surface area contributed by atoms with E-state index >= 15 is 0 Å². The van der Waals surface area contributed by atoms with Crippen LogP contribution in [0.15, 0.2) is 167 Å². The van der Waals surface area contributed by atoms with Crippen LogP contribution in [0, 0.1) is 0 Å². The fraction of sp³-hybridized carbons (Fsp3) is 0.0444. The molecule has 234 valence electrons. The van der Waals surface area contributed by atoms with E-state index in [2.05, 4.69) is 132 Å². The monoisotopic (exact) mass is 632 g/mol. The summed E-state index contributed by atoms with van der Waals surface area (Å²) in [5.74, 6) is 0.929. The molecule has 0 saturated carbocycles. The van der Waals surface area contributed by atoms with Gasteiger partial charge in [0, 0.05) is 32.8 Å². The summed E-state index contributed by atoms with van der Waals surface area (Å²) in [4.78, 5) is 5.16. The van der Waals surface area contributed by atoms with Gasteiger partial charge in [-0.2, -0.15) is 0 Å². The van der Waals surface area contributed by atoms with E-state index in [1.165, 1.54) is 0 Å². The molecule has 0 radical (unpaired) electrons. The fourth-order valence-corrected chi connectivity index (χ4v) is 6.93. The Morgan fingerprint density at radius 1 is 0.408 bits per heavy atom. The van der Waals surface area contributed by atoms with Gasteiger partial charge in [0.1, 0.15) is 28.2 Å². The van der Waals surface area contributed by atoms with E-state index < -0.39 is 0 Å². The first kappa shape index (κ1) is 28.8. The van der Waals surface area contributed by atoms with Crippen LogP contribution in [0.1, 0.15) is 13.8 Å². The Balaban J connectivity index is 0.00000160. The molecule has 0 amide bonds. The van der Waals surface area contributed by atoms with Crippen LogP contribution >= 0.6 is 0 Å². The van der Waals surface area contributed by atoms with Crippen LogP contribution in [0.4, 0.5) is 0 Å². The third-order valence-corrected chi connectivity index (χ3v) is 9.20. The van der Waals surface area contributed by atoms with Crippen molar-refractivity contribution in [3.63, 3.8) is 0 Å². The summed E-state index contributed by atoms with van der Waals surface area (Å²) < 4.78 is 14.8. The highest BCUT2D eigenvalue weighted by Crippen LogP contribution is 2.39. The Morgan fingerprint density at radius 2 is 0.959 bits per heavy atom. The number of furan rings is 2. The second-order valence-corrected chi connectivity index (χ2v) is 12.0. The summed E-state index contributed by atoms with van der Waals surface area (Å²) in [6.07, 6.45) is 0. The molecule has 0 saturated heterocycles. The standard InChI is InChI=1S/C43H26N2O2.C2H6/c1-3-10-27(11-4-1)43-44-37-24-31(18-20-38(37)45(43)32-14-5-2-6-15-32)29-13-9-12-28(22-29)30-19-21-40-34(23-30)36-26-41-35(25-42(36)47-40)33-16-7-8-17-39(33)46-41;1-2/h1-26H;1-2H3. The zero-order chi connectivity index (χ0) is 32.9. The van der Waals surface area contributed by atoms with Crippen LogP contribution in [-0.4, -0.2) is 9.55 Å². The average molecular weight is 633 g/mol. The molecule has 0 N–H and O–H groups in total. The maximum Gasteiger partial charge on any atom is 0.145 e. The van der Waals surface area contributed by atoms with Gasteiger partial charge in [-0.1, -0.05) is 111 Å². The Bertz CT molecular complexity index is 2790. The van der Waals surface area contributed by atoms with E-state index in [1.54, 1.807) is 0 Å². The summed E-state index contributed by atoms with van der Waals surface area (Å²) in [7, 11) is 0. The number of benzene rings is 7. The highest BCUT2D eigenvalue weighted by Gasteiger charge is 2.17. The average Bonchev–Trinajstić information content (AvgIpc) is 3.86. The van der Waals surface area contributed by atoms with E-state index in [1.807, 2.05) is 44.2 Å². The minimum atomic E-state index is 0.864. The van der Waals surface area contributed by atoms with Crippen molar-refractivity contribution >= 4 is 54.9 Å². The number of fused-ring (bicyclic) bond motifs is 7. The lowest BCUT2D eigenvalue weighted by Crippen LogP contribution is -1.97. The van der Waals surface area contributed by atoms with Crippen LogP contribution in [0.25, 0.3) is 94.2 Å². The second kappa shape index (κ2) is 11.7. The molecule has 0 spiro atoms. The van der Waals surface area contributed by atoms with Gasteiger partial charge >= 0.3 is 0 Å². The molecule has 3 aromatic heterocycles. The predicted octanol–water partition coefficient (Wildman–Crippen LogP) is 12.9. The minimum absolute atomic E-state index is 0.864. The molecule has 49 heavy (non-hydrogen) atoms. The molecule has 7 aromatic carbocycles. The number of para-hydroxylation sites is 2. The van der Waals surface area contributed by atoms with E-state index in [0.29, 0.717) is 0 Å². The van der Waals surface area contributed by atoms with Gasteiger partial charge in [-0.25, -0.2) is 4.98 Å². The molecule has 4 nitrogen and oxygen atoms in total. The summed E-state index contributed by atoms with van der Waals surface area (Å²) in [6, 6.07) is 54.9. The van der Waals surface area contributed by atoms with Gasteiger partial charge in [0.15, 0.2) is 0 Å². The first-order chi connectivity index (χ1) is 24.3. The van der Waals surface area contributed by atoms with Crippen molar-refractivity contribution in [3.8, 4) is 39.3 Å². The normalized spacial score (nSPS) is 11.5. The first-order valence-electron chi connectivity index (χ1n) is 16.8. The van der Waals surface area contributed by atoms with Crippen LogP contribution in [0.5, 0.6) is 0 Å². The number of aromatic nitrogens is 2. The van der Waals surface area contributed by atoms with Crippen molar-refractivity contribution in [2.45, 2.75) is 13.8 Å². The Kier molecular flexibility index (Phi) is 6.87. The van der Waals surface area contributed by atoms with Gasteiger partial charge in [-0.15, -0.1) is 0 Å². The van der Waals surface area contributed by atoms with Gasteiger partial charge in [0.05, 0.1) is 11.0 Å². The Hall–Kier alpha value is -6.39. The Labute approximate surface area is 283 Å². The smallest absolute Gasteiger partial charge is 0.145 e. The molecule has 0 atom stereocenters. The number of hydrogen-bond acceptors (Lipinski definition) is 3. The largest absolute Gasteiger partial charge is 0.456 e. The van der Waals surface area contributed by atoms with Gasteiger partial charge in [0.2, 0.25) is 0 Å². The molecule has 10 aromatic rings. The molecule has 0 aliphatic carbocycles. The third-order valence-electron chi connectivity index (χ3n) is 9.20. The lowest BCUT2D eigenvalue weighted by Gasteiger charge is -2.10. The van der Waals surface area contributed by atoms with Crippen LogP contribution < -0.4 is 0 Å². The van der Waals surface area contributed by atoms with Crippen molar-refractivity contribution in [2.75, 3.05) is 0 Å². The highest BCUT2D eigenvalue weighted by molar-refractivity contribution is 6.15. The molecule has 0 aliphatic rings. The van der Waals surface area contributed by atoms with Crippen molar-refractivity contribution in [1.29, 1.82) is 0 Å². The number of nitrogens with zero attached hydrogens (tertiary/aromatic N) is 2. The van der Waals surface area contributed by atoms with Gasteiger partial charge in [-0.05, 0) is 82.9 Å². The molecular weight excluding hydrogens is 601 g/mol. The molecule has 4 heteroatoms. The lowest BCUT2D eigenvalue weighted by atomic mass is 9.97. The summed E-state index contributed by atoms with van der Waals surface area (Å²) >= 11 is 0. The fourth-order valence-electron chi connectivity index (χ4n) is 6.93. The number of rotatable bonds is 4. The van der Waals surface area contributed by atoms with Crippen LogP contribution in [-0.2, 0) is 0 Å². The molecule has 10 rings (SSSR count). The maximum absolute atomic E-state index is 6.33. The summed E-state index contributed by atoms with van der Waals surface area (Å²) in [5, 5.41) is 4.30. The lowest BCUT2D eigenvalue weighted by molar-refractivity contribution is 0.664. The molecule has 0 bridgehead atoms. The number of hydrogen-bond donors (Lipinski definition) is 0. The maximum atomic E-state index is 6.33. The highest BCUT2D eigenvalue weighted by atomic mass is 16.3. The minimum Gasteiger partial charge on any atom is -0.456 e. The molecule has 0 aliphatic heterocycles.